The molecule has 2 heterocycles. The highest BCUT2D eigenvalue weighted by atomic mass is 32.2. The number of aromatic nitrogens is 1. The lowest BCUT2D eigenvalue weighted by Gasteiger charge is -2.45. The molecule has 0 unspecified atom stereocenters. The maximum Gasteiger partial charge on any atom is 0.338 e. The summed E-state index contributed by atoms with van der Waals surface area (Å²) in [5, 5.41) is 0.721. The van der Waals surface area contributed by atoms with Crippen molar-refractivity contribution in [2.24, 2.45) is 21.5 Å². The molecule has 1 aliphatic carbocycles. The van der Waals surface area contributed by atoms with E-state index in [1.807, 2.05) is 29.2 Å². The van der Waals surface area contributed by atoms with E-state index in [0.717, 1.165) is 41.3 Å². The Bertz CT molecular complexity index is 1010. The second-order valence-electron chi connectivity index (χ2n) is 7.52. The number of hydrogen-bond donors (Lipinski definition) is 2. The van der Waals surface area contributed by atoms with Gasteiger partial charge in [-0.1, -0.05) is 18.2 Å². The number of carbonyl (C=O) groups excluding carboxylic acids is 1. The van der Waals surface area contributed by atoms with Gasteiger partial charge in [0.15, 0.2) is 0 Å². The van der Waals surface area contributed by atoms with Crippen LogP contribution in [0.3, 0.4) is 0 Å². The Hall–Kier alpha value is -3.07. The Morgan fingerprint density at radius 3 is 2.61 bits per heavy atom. The number of ether oxygens (including phenoxy) is 1. The van der Waals surface area contributed by atoms with Crippen molar-refractivity contribution in [1.29, 1.82) is 0 Å². The second-order valence-corrected chi connectivity index (χ2v) is 8.61. The number of nitrogens with two attached hydrogens (primary N) is 2. The Kier molecular flexibility index (Phi) is 6.13. The minimum Gasteiger partial charge on any atom is -0.462 e. The number of benzene rings is 1. The molecule has 8 nitrogen and oxygen atoms in total. The number of esters is 1. The third kappa shape index (κ3) is 4.51. The zero-order valence-electron chi connectivity index (χ0n) is 17.5. The van der Waals surface area contributed by atoms with Gasteiger partial charge in [0.1, 0.15) is 10.7 Å². The number of nitrogens with zero attached hydrogens (tertiary/aromatic N) is 4. The Morgan fingerprint density at radius 2 is 1.90 bits per heavy atom. The summed E-state index contributed by atoms with van der Waals surface area (Å²) in [4.78, 5) is 28.2. The lowest BCUT2D eigenvalue weighted by molar-refractivity contribution is 0.0526. The molecule has 0 radical (unpaired) electrons. The van der Waals surface area contributed by atoms with Crippen LogP contribution in [0, 0.1) is 0 Å². The second kappa shape index (κ2) is 8.97. The van der Waals surface area contributed by atoms with Crippen molar-refractivity contribution in [3.05, 3.63) is 48.2 Å². The van der Waals surface area contributed by atoms with Crippen molar-refractivity contribution in [2.45, 2.75) is 54.6 Å². The molecule has 1 fully saturated rings. The third-order valence-corrected chi connectivity index (χ3v) is 6.35. The first-order valence-electron chi connectivity index (χ1n) is 10.4. The van der Waals surface area contributed by atoms with Gasteiger partial charge in [0.05, 0.1) is 12.2 Å². The van der Waals surface area contributed by atoms with E-state index in [1.165, 1.54) is 18.2 Å². The lowest BCUT2D eigenvalue weighted by Crippen LogP contribution is -2.58. The van der Waals surface area contributed by atoms with Crippen molar-refractivity contribution in [1.82, 2.24) is 4.98 Å². The fraction of sp³-hybridized carbons (Fsp3) is 0.364. The SMILES string of the molecule is CCOC(=O)c1ccnc(Sc2ccc(N3C(N)=NC(N)=NC34CCCCC4)cc2)c1. The number of anilines is 1. The van der Waals surface area contributed by atoms with Crippen molar-refractivity contribution < 1.29 is 9.53 Å². The Labute approximate surface area is 185 Å². The molecule has 2 aromatic rings. The first-order valence-corrected chi connectivity index (χ1v) is 11.2. The smallest absolute Gasteiger partial charge is 0.338 e. The molecule has 9 heteroatoms. The summed E-state index contributed by atoms with van der Waals surface area (Å²) >= 11 is 1.47. The van der Waals surface area contributed by atoms with Gasteiger partial charge in [0.25, 0.3) is 0 Å². The van der Waals surface area contributed by atoms with E-state index in [2.05, 4.69) is 9.98 Å². The highest BCUT2D eigenvalue weighted by Crippen LogP contribution is 2.40. The van der Waals surface area contributed by atoms with Gasteiger partial charge in [-0.05, 0) is 69.0 Å². The molecular formula is C22H26N6O2S. The van der Waals surface area contributed by atoms with E-state index < -0.39 is 5.66 Å². The van der Waals surface area contributed by atoms with Gasteiger partial charge in [0.2, 0.25) is 11.9 Å². The number of rotatable bonds is 5. The minimum absolute atomic E-state index is 0.246. The number of aliphatic imine (C=N–C) groups is 2. The van der Waals surface area contributed by atoms with E-state index in [1.54, 1.807) is 25.3 Å². The van der Waals surface area contributed by atoms with Crippen LogP contribution in [-0.4, -0.2) is 35.1 Å². The average molecular weight is 439 g/mol. The van der Waals surface area contributed by atoms with E-state index in [0.29, 0.717) is 18.1 Å². The molecule has 0 amide bonds. The van der Waals surface area contributed by atoms with Crippen LogP contribution in [0.15, 0.2) is 62.5 Å². The van der Waals surface area contributed by atoms with Gasteiger partial charge in [-0.15, -0.1) is 0 Å². The van der Waals surface area contributed by atoms with Crippen LogP contribution in [0.25, 0.3) is 0 Å². The molecule has 1 aliphatic heterocycles. The summed E-state index contributed by atoms with van der Waals surface area (Å²) in [6, 6.07) is 11.4. The molecule has 0 atom stereocenters. The van der Waals surface area contributed by atoms with Crippen LogP contribution in [0.1, 0.15) is 49.4 Å². The molecule has 4 N–H and O–H groups in total. The normalized spacial score (nSPS) is 17.8. The van der Waals surface area contributed by atoms with Crippen LogP contribution in [-0.2, 0) is 4.74 Å². The van der Waals surface area contributed by atoms with Crippen molar-refractivity contribution in [2.75, 3.05) is 11.5 Å². The van der Waals surface area contributed by atoms with Crippen LogP contribution >= 0.6 is 11.8 Å². The first-order chi connectivity index (χ1) is 15.0. The molecule has 0 saturated heterocycles. The van der Waals surface area contributed by atoms with Crippen molar-refractivity contribution >= 4 is 35.3 Å². The molecule has 1 spiro atoms. The van der Waals surface area contributed by atoms with Crippen molar-refractivity contribution in [3.63, 3.8) is 0 Å². The maximum atomic E-state index is 12.0. The molecule has 1 aromatic carbocycles. The number of carbonyl (C=O) groups is 1. The first kappa shape index (κ1) is 21.2. The number of guanidine groups is 2. The molecule has 31 heavy (non-hydrogen) atoms. The van der Waals surface area contributed by atoms with Crippen LogP contribution in [0.4, 0.5) is 5.69 Å². The summed E-state index contributed by atoms with van der Waals surface area (Å²) in [5.41, 5.74) is 13.2. The van der Waals surface area contributed by atoms with E-state index >= 15 is 0 Å². The average Bonchev–Trinajstić information content (AvgIpc) is 2.75. The van der Waals surface area contributed by atoms with Gasteiger partial charge in [-0.3, -0.25) is 4.90 Å². The van der Waals surface area contributed by atoms with Crippen molar-refractivity contribution in [3.8, 4) is 0 Å². The summed E-state index contributed by atoms with van der Waals surface area (Å²) < 4.78 is 5.06. The molecule has 162 valence electrons. The van der Waals surface area contributed by atoms with E-state index in [-0.39, 0.29) is 11.9 Å². The Morgan fingerprint density at radius 1 is 1.16 bits per heavy atom. The highest BCUT2D eigenvalue weighted by molar-refractivity contribution is 7.99. The predicted molar refractivity (Wildman–Crippen MR) is 122 cm³/mol. The summed E-state index contributed by atoms with van der Waals surface area (Å²) in [6.45, 7) is 2.12. The number of hydrogen-bond acceptors (Lipinski definition) is 9. The molecule has 4 rings (SSSR count). The van der Waals surface area contributed by atoms with Gasteiger partial charge in [0, 0.05) is 16.8 Å². The largest absolute Gasteiger partial charge is 0.462 e. The minimum atomic E-state index is -0.460. The quantitative estimate of drug-likeness (QED) is 0.685. The topological polar surface area (TPSA) is 119 Å². The lowest BCUT2D eigenvalue weighted by atomic mass is 9.87. The van der Waals surface area contributed by atoms with Gasteiger partial charge >= 0.3 is 5.97 Å². The fourth-order valence-corrected chi connectivity index (χ4v) is 4.90. The van der Waals surface area contributed by atoms with Crippen LogP contribution < -0.4 is 16.4 Å². The number of pyridine rings is 1. The van der Waals surface area contributed by atoms with Crippen LogP contribution in [0.5, 0.6) is 0 Å². The van der Waals surface area contributed by atoms with Gasteiger partial charge < -0.3 is 16.2 Å². The Balaban J connectivity index is 1.55. The molecule has 0 bridgehead atoms. The maximum absolute atomic E-state index is 12.0. The zero-order valence-corrected chi connectivity index (χ0v) is 18.3. The molecule has 1 aromatic heterocycles. The molecule has 2 aliphatic rings. The predicted octanol–water partition coefficient (Wildman–Crippen LogP) is 3.52. The highest BCUT2D eigenvalue weighted by Gasteiger charge is 2.42. The monoisotopic (exact) mass is 438 g/mol. The molecular weight excluding hydrogens is 412 g/mol. The fourth-order valence-electron chi connectivity index (χ4n) is 4.09. The van der Waals surface area contributed by atoms with E-state index in [4.69, 9.17) is 21.2 Å². The van der Waals surface area contributed by atoms with Gasteiger partial charge in [-0.2, -0.15) is 4.99 Å². The summed E-state index contributed by atoms with van der Waals surface area (Å²) in [7, 11) is 0. The zero-order chi connectivity index (χ0) is 21.8. The van der Waals surface area contributed by atoms with Crippen LogP contribution in [0.2, 0.25) is 0 Å². The van der Waals surface area contributed by atoms with Gasteiger partial charge in [-0.25, -0.2) is 14.8 Å². The standard InChI is InChI=1S/C22H26N6O2S/c1-2-30-19(29)15-10-13-25-18(14-15)31-17-8-6-16(7-9-17)28-21(24)26-20(23)27-22(28)11-4-3-5-12-22/h6-10,13-14H,2-5,11-12H2,1H3,(H4,23,24,26,27). The summed E-state index contributed by atoms with van der Waals surface area (Å²) in [5.74, 6) is 0.272. The summed E-state index contributed by atoms with van der Waals surface area (Å²) in [6.07, 6.45) is 6.75. The van der Waals surface area contributed by atoms with E-state index in [9.17, 15) is 4.79 Å². The third-order valence-electron chi connectivity index (χ3n) is 5.41. The molecule has 1 saturated carbocycles.